The molecule has 78 valence electrons. The molecule has 0 amide bonds. The van der Waals surface area contributed by atoms with Gasteiger partial charge in [0.25, 0.3) is 0 Å². The first-order valence-corrected chi connectivity index (χ1v) is 5.05. The van der Waals surface area contributed by atoms with E-state index in [2.05, 4.69) is 18.8 Å². The van der Waals surface area contributed by atoms with Crippen LogP contribution in [0.25, 0.3) is 0 Å². The normalized spacial score (nSPS) is 12.5. The van der Waals surface area contributed by atoms with Crippen molar-refractivity contribution in [2.75, 3.05) is 6.61 Å². The second-order valence-corrected chi connectivity index (χ2v) is 3.34. The molecule has 14 heavy (non-hydrogen) atoms. The number of H-pyrrole nitrogens is 1. The number of hydrogen-bond acceptors (Lipinski definition) is 2. The van der Waals surface area contributed by atoms with Crippen molar-refractivity contribution in [3.63, 3.8) is 0 Å². The van der Waals surface area contributed by atoms with Crippen LogP contribution in [-0.4, -0.2) is 17.6 Å². The minimum absolute atomic E-state index is 0.257. The van der Waals surface area contributed by atoms with Crippen molar-refractivity contribution in [3.8, 4) is 0 Å². The van der Waals surface area contributed by atoms with Gasteiger partial charge >= 0.3 is 5.97 Å². The second-order valence-electron chi connectivity index (χ2n) is 3.34. The fourth-order valence-electron chi connectivity index (χ4n) is 1.39. The van der Waals surface area contributed by atoms with E-state index in [0.717, 1.165) is 12.0 Å². The zero-order valence-corrected chi connectivity index (χ0v) is 8.96. The number of rotatable bonds is 4. The summed E-state index contributed by atoms with van der Waals surface area (Å²) in [5.74, 6) is 0.133. The van der Waals surface area contributed by atoms with Crippen LogP contribution in [0.1, 0.15) is 49.2 Å². The molecular weight excluding hydrogens is 178 g/mol. The lowest BCUT2D eigenvalue weighted by Crippen LogP contribution is -2.08. The van der Waals surface area contributed by atoms with Crippen molar-refractivity contribution in [2.24, 2.45) is 0 Å². The maximum atomic E-state index is 11.5. The summed E-state index contributed by atoms with van der Waals surface area (Å²) >= 11 is 0. The van der Waals surface area contributed by atoms with E-state index in [4.69, 9.17) is 4.74 Å². The van der Waals surface area contributed by atoms with Gasteiger partial charge in [-0.05, 0) is 30.9 Å². The molecule has 0 radical (unpaired) electrons. The van der Waals surface area contributed by atoms with Gasteiger partial charge in [0, 0.05) is 6.20 Å². The maximum absolute atomic E-state index is 11.5. The highest BCUT2D eigenvalue weighted by Crippen LogP contribution is 2.22. The Morgan fingerprint density at radius 2 is 2.29 bits per heavy atom. The molecular formula is C11H17NO2. The third-order valence-electron chi connectivity index (χ3n) is 2.40. The molecule has 0 saturated carbocycles. The number of aromatic amines is 1. The quantitative estimate of drug-likeness (QED) is 0.750. The van der Waals surface area contributed by atoms with Crippen molar-refractivity contribution < 1.29 is 9.53 Å². The predicted octanol–water partition coefficient (Wildman–Crippen LogP) is 2.70. The van der Waals surface area contributed by atoms with E-state index in [9.17, 15) is 4.79 Å². The Morgan fingerprint density at radius 1 is 1.57 bits per heavy atom. The largest absolute Gasteiger partial charge is 0.461 e. The first-order chi connectivity index (χ1) is 6.70. The summed E-state index contributed by atoms with van der Waals surface area (Å²) in [6.07, 6.45) is 2.80. The number of nitrogens with one attached hydrogen (secondary N) is 1. The van der Waals surface area contributed by atoms with Crippen molar-refractivity contribution in [2.45, 2.75) is 33.1 Å². The smallest absolute Gasteiger partial charge is 0.355 e. The van der Waals surface area contributed by atoms with Gasteiger partial charge in [-0.25, -0.2) is 4.79 Å². The molecule has 0 bridgehead atoms. The molecule has 0 aliphatic heterocycles. The van der Waals surface area contributed by atoms with Gasteiger partial charge in [-0.2, -0.15) is 0 Å². The van der Waals surface area contributed by atoms with Gasteiger partial charge < -0.3 is 9.72 Å². The summed E-state index contributed by atoms with van der Waals surface area (Å²) in [6.45, 7) is 6.43. The van der Waals surface area contributed by atoms with Crippen LogP contribution in [0.2, 0.25) is 0 Å². The molecule has 1 aromatic heterocycles. The topological polar surface area (TPSA) is 42.1 Å². The first kappa shape index (κ1) is 10.8. The van der Waals surface area contributed by atoms with E-state index in [1.807, 2.05) is 13.0 Å². The highest BCUT2D eigenvalue weighted by molar-refractivity contribution is 5.89. The van der Waals surface area contributed by atoms with Crippen molar-refractivity contribution in [1.82, 2.24) is 4.98 Å². The van der Waals surface area contributed by atoms with E-state index in [-0.39, 0.29) is 5.97 Å². The third-order valence-corrected chi connectivity index (χ3v) is 2.40. The Morgan fingerprint density at radius 3 is 2.86 bits per heavy atom. The lowest BCUT2D eigenvalue weighted by atomic mass is 9.99. The van der Waals surface area contributed by atoms with Crippen LogP contribution in [0.4, 0.5) is 0 Å². The molecule has 0 aliphatic carbocycles. The van der Waals surface area contributed by atoms with Crippen molar-refractivity contribution >= 4 is 5.97 Å². The average Bonchev–Trinajstić information content (AvgIpc) is 2.65. The Kier molecular flexibility index (Phi) is 3.74. The van der Waals surface area contributed by atoms with Crippen LogP contribution < -0.4 is 0 Å². The Balaban J connectivity index is 2.86. The van der Waals surface area contributed by atoms with Gasteiger partial charge in [0.15, 0.2) is 0 Å². The highest BCUT2D eigenvalue weighted by atomic mass is 16.5. The summed E-state index contributed by atoms with van der Waals surface area (Å²) in [7, 11) is 0. The second kappa shape index (κ2) is 4.84. The number of aromatic nitrogens is 1. The van der Waals surface area contributed by atoms with E-state index >= 15 is 0 Å². The molecule has 0 aliphatic rings. The van der Waals surface area contributed by atoms with E-state index in [1.54, 1.807) is 6.20 Å². The highest BCUT2D eigenvalue weighted by Gasteiger charge is 2.16. The van der Waals surface area contributed by atoms with E-state index < -0.39 is 0 Å². The molecule has 1 rings (SSSR count). The van der Waals surface area contributed by atoms with E-state index in [1.165, 1.54) is 0 Å². The van der Waals surface area contributed by atoms with Gasteiger partial charge in [-0.15, -0.1) is 0 Å². The molecule has 0 saturated heterocycles. The molecule has 1 aromatic rings. The molecule has 0 spiro atoms. The summed E-state index contributed by atoms with van der Waals surface area (Å²) in [6, 6.07) is 1.94. The minimum atomic E-state index is -0.257. The van der Waals surface area contributed by atoms with Gasteiger partial charge in [-0.1, -0.05) is 13.8 Å². The maximum Gasteiger partial charge on any atom is 0.355 e. The third kappa shape index (κ3) is 2.16. The van der Waals surface area contributed by atoms with Crippen LogP contribution >= 0.6 is 0 Å². The Bertz CT molecular complexity index is 304. The number of hydrogen-bond donors (Lipinski definition) is 1. The SMILES string of the molecule is CCOC(=O)c1[nH]ccc1C(C)CC. The molecule has 3 nitrogen and oxygen atoms in total. The predicted molar refractivity (Wildman–Crippen MR) is 55.5 cm³/mol. The molecule has 3 heteroatoms. The molecule has 1 N–H and O–H groups in total. The zero-order valence-electron chi connectivity index (χ0n) is 8.96. The molecule has 1 atom stereocenters. The number of ether oxygens (including phenoxy) is 1. The van der Waals surface area contributed by atoms with Crippen LogP contribution in [0.5, 0.6) is 0 Å². The molecule has 0 fully saturated rings. The molecule has 0 aromatic carbocycles. The summed E-state index contributed by atoms with van der Waals surface area (Å²) < 4.78 is 4.95. The van der Waals surface area contributed by atoms with Crippen molar-refractivity contribution in [1.29, 1.82) is 0 Å². The number of carbonyl (C=O) groups is 1. The average molecular weight is 195 g/mol. The van der Waals surface area contributed by atoms with Gasteiger partial charge in [0.1, 0.15) is 5.69 Å². The van der Waals surface area contributed by atoms with Crippen LogP contribution in [-0.2, 0) is 4.74 Å². The van der Waals surface area contributed by atoms with Gasteiger partial charge in [-0.3, -0.25) is 0 Å². The summed E-state index contributed by atoms with van der Waals surface area (Å²) in [4.78, 5) is 14.4. The minimum Gasteiger partial charge on any atom is -0.461 e. The lowest BCUT2D eigenvalue weighted by Gasteiger charge is -2.08. The van der Waals surface area contributed by atoms with Crippen LogP contribution in [0.3, 0.4) is 0 Å². The molecule has 1 heterocycles. The standard InChI is InChI=1S/C11H17NO2/c1-4-8(3)9-6-7-12-10(9)11(13)14-5-2/h6-8,12H,4-5H2,1-3H3. The Labute approximate surface area is 84.5 Å². The number of esters is 1. The van der Waals surface area contributed by atoms with Gasteiger partial charge in [0.2, 0.25) is 0 Å². The fraction of sp³-hybridized carbons (Fsp3) is 0.545. The molecule has 1 unspecified atom stereocenters. The summed E-state index contributed by atoms with van der Waals surface area (Å²) in [5.41, 5.74) is 1.65. The van der Waals surface area contributed by atoms with Gasteiger partial charge in [0.05, 0.1) is 6.61 Å². The van der Waals surface area contributed by atoms with E-state index in [0.29, 0.717) is 18.2 Å². The Hall–Kier alpha value is -1.25. The fourth-order valence-corrected chi connectivity index (χ4v) is 1.39. The van der Waals surface area contributed by atoms with Crippen LogP contribution in [0.15, 0.2) is 12.3 Å². The van der Waals surface area contributed by atoms with Crippen molar-refractivity contribution in [3.05, 3.63) is 23.5 Å². The first-order valence-electron chi connectivity index (χ1n) is 5.05. The zero-order chi connectivity index (χ0) is 10.6. The number of carbonyl (C=O) groups excluding carboxylic acids is 1. The van der Waals surface area contributed by atoms with Crippen LogP contribution in [0, 0.1) is 0 Å². The lowest BCUT2D eigenvalue weighted by molar-refractivity contribution is 0.0518. The monoisotopic (exact) mass is 195 g/mol. The summed E-state index contributed by atoms with van der Waals surface area (Å²) in [5, 5.41) is 0.